The van der Waals surface area contributed by atoms with E-state index in [1.165, 1.54) is 0 Å². The standard InChI is InChI=1S/C19H27N3O3/c1-3-10-22-16-7-6-15(18(22)23)12-21(13-16)19(24)20-11-14-4-8-17(25-2)9-5-14/h4-5,8-9,15-16H,3,6-7,10-13H2,1-2H3,(H,20,24)/t15-,16+/m0/s1. The molecule has 3 aliphatic rings. The zero-order chi connectivity index (χ0) is 17.8. The van der Waals surface area contributed by atoms with Crippen molar-refractivity contribution in [3.63, 3.8) is 0 Å². The Hall–Kier alpha value is -2.24. The summed E-state index contributed by atoms with van der Waals surface area (Å²) in [4.78, 5) is 29.0. The van der Waals surface area contributed by atoms with Crippen LogP contribution >= 0.6 is 0 Å². The molecular formula is C19H27N3O3. The lowest BCUT2D eigenvalue weighted by Gasteiger charge is -2.35. The number of nitrogens with zero attached hydrogens (tertiary/aromatic N) is 2. The molecule has 3 saturated heterocycles. The van der Waals surface area contributed by atoms with Crippen LogP contribution in [0.2, 0.25) is 0 Å². The minimum atomic E-state index is -0.0844. The van der Waals surface area contributed by atoms with Crippen LogP contribution in [-0.2, 0) is 11.3 Å². The van der Waals surface area contributed by atoms with Gasteiger partial charge in [-0.15, -0.1) is 0 Å². The first-order valence-electron chi connectivity index (χ1n) is 9.08. The summed E-state index contributed by atoms with van der Waals surface area (Å²) >= 11 is 0. The maximum atomic E-state index is 12.6. The third-order valence-electron chi connectivity index (χ3n) is 5.15. The van der Waals surface area contributed by atoms with Gasteiger partial charge in [-0.1, -0.05) is 19.1 Å². The van der Waals surface area contributed by atoms with E-state index < -0.39 is 0 Å². The number of piperidine rings is 1. The van der Waals surface area contributed by atoms with Crippen molar-refractivity contribution in [3.8, 4) is 5.75 Å². The number of amides is 3. The quantitative estimate of drug-likeness (QED) is 0.890. The van der Waals surface area contributed by atoms with E-state index in [0.29, 0.717) is 19.6 Å². The first-order chi connectivity index (χ1) is 12.1. The molecule has 1 N–H and O–H groups in total. The fraction of sp³-hybridized carbons (Fsp3) is 0.579. The molecule has 25 heavy (non-hydrogen) atoms. The van der Waals surface area contributed by atoms with Crippen molar-refractivity contribution in [2.24, 2.45) is 5.92 Å². The average Bonchev–Trinajstić information content (AvgIpc) is 2.93. The molecule has 0 aromatic heterocycles. The molecule has 0 spiro atoms. The topological polar surface area (TPSA) is 61.9 Å². The van der Waals surface area contributed by atoms with E-state index in [4.69, 9.17) is 4.74 Å². The summed E-state index contributed by atoms with van der Waals surface area (Å²) < 4.78 is 5.14. The second-order valence-corrected chi connectivity index (χ2v) is 6.87. The van der Waals surface area contributed by atoms with Crippen LogP contribution in [0.3, 0.4) is 0 Å². The van der Waals surface area contributed by atoms with Gasteiger partial charge in [0.15, 0.2) is 0 Å². The SMILES string of the molecule is CCCN1C(=O)[C@H]2CC[C@@H]1CN(C(=O)NCc1ccc(OC)cc1)C2. The summed E-state index contributed by atoms with van der Waals surface area (Å²) in [7, 11) is 1.63. The summed E-state index contributed by atoms with van der Waals surface area (Å²) in [6.45, 7) is 4.52. The van der Waals surface area contributed by atoms with Gasteiger partial charge >= 0.3 is 6.03 Å². The number of urea groups is 1. The van der Waals surface area contributed by atoms with Crippen molar-refractivity contribution in [3.05, 3.63) is 29.8 Å². The first kappa shape index (κ1) is 17.6. The van der Waals surface area contributed by atoms with Crippen LogP contribution in [-0.4, -0.2) is 54.5 Å². The van der Waals surface area contributed by atoms with E-state index >= 15 is 0 Å². The Labute approximate surface area is 149 Å². The molecule has 0 radical (unpaired) electrons. The Morgan fingerprint density at radius 2 is 2.00 bits per heavy atom. The minimum Gasteiger partial charge on any atom is -0.497 e. The van der Waals surface area contributed by atoms with Crippen LogP contribution in [0.4, 0.5) is 4.79 Å². The summed E-state index contributed by atoms with van der Waals surface area (Å²) in [6.07, 6.45) is 2.85. The van der Waals surface area contributed by atoms with Gasteiger partial charge in [0.05, 0.1) is 13.0 Å². The number of methoxy groups -OCH3 is 1. The molecule has 3 aliphatic heterocycles. The summed E-state index contributed by atoms with van der Waals surface area (Å²) in [5.41, 5.74) is 1.02. The van der Waals surface area contributed by atoms with E-state index in [9.17, 15) is 9.59 Å². The van der Waals surface area contributed by atoms with E-state index in [2.05, 4.69) is 12.2 Å². The highest BCUT2D eigenvalue weighted by Crippen LogP contribution is 2.29. The Bertz CT molecular complexity index is 617. The zero-order valence-corrected chi connectivity index (χ0v) is 15.0. The smallest absolute Gasteiger partial charge is 0.317 e. The molecule has 0 aliphatic carbocycles. The highest BCUT2D eigenvalue weighted by molar-refractivity contribution is 5.82. The molecule has 0 saturated carbocycles. The molecule has 2 atom stereocenters. The number of nitrogens with one attached hydrogen (secondary N) is 1. The van der Waals surface area contributed by atoms with Crippen molar-refractivity contribution >= 4 is 11.9 Å². The van der Waals surface area contributed by atoms with Gasteiger partial charge in [-0.25, -0.2) is 4.79 Å². The molecule has 4 rings (SSSR count). The summed E-state index contributed by atoms with van der Waals surface area (Å²) in [5.74, 6) is 0.981. The molecular weight excluding hydrogens is 318 g/mol. The molecule has 0 unspecified atom stereocenters. The molecule has 1 aromatic rings. The monoisotopic (exact) mass is 345 g/mol. The third-order valence-corrected chi connectivity index (χ3v) is 5.15. The van der Waals surface area contributed by atoms with Crippen LogP contribution in [0.25, 0.3) is 0 Å². The van der Waals surface area contributed by atoms with Gasteiger partial charge in [0, 0.05) is 32.2 Å². The number of hydrogen-bond donors (Lipinski definition) is 1. The summed E-state index contributed by atoms with van der Waals surface area (Å²) in [5, 5.41) is 2.98. The lowest BCUT2D eigenvalue weighted by atomic mass is 9.94. The first-order valence-corrected chi connectivity index (χ1v) is 9.08. The van der Waals surface area contributed by atoms with Crippen molar-refractivity contribution in [1.29, 1.82) is 0 Å². The van der Waals surface area contributed by atoms with Crippen molar-refractivity contribution < 1.29 is 14.3 Å². The van der Waals surface area contributed by atoms with E-state index in [0.717, 1.165) is 37.1 Å². The van der Waals surface area contributed by atoms with Gasteiger partial charge in [-0.3, -0.25) is 4.79 Å². The Morgan fingerprint density at radius 1 is 1.24 bits per heavy atom. The van der Waals surface area contributed by atoms with Crippen LogP contribution in [0.1, 0.15) is 31.7 Å². The van der Waals surface area contributed by atoms with Crippen LogP contribution in [0.5, 0.6) is 5.75 Å². The maximum Gasteiger partial charge on any atom is 0.317 e. The van der Waals surface area contributed by atoms with Gasteiger partial charge in [0.1, 0.15) is 5.75 Å². The predicted molar refractivity (Wildman–Crippen MR) is 95.3 cm³/mol. The van der Waals surface area contributed by atoms with Gasteiger partial charge < -0.3 is 19.9 Å². The zero-order valence-electron chi connectivity index (χ0n) is 15.0. The molecule has 2 bridgehead atoms. The Kier molecular flexibility index (Phi) is 5.46. The van der Waals surface area contributed by atoms with E-state index in [1.807, 2.05) is 34.1 Å². The number of rotatable bonds is 5. The van der Waals surface area contributed by atoms with Crippen molar-refractivity contribution in [2.45, 2.75) is 38.8 Å². The van der Waals surface area contributed by atoms with E-state index in [1.54, 1.807) is 7.11 Å². The van der Waals surface area contributed by atoms with Crippen molar-refractivity contribution in [2.75, 3.05) is 26.7 Å². The largest absolute Gasteiger partial charge is 0.497 e. The Balaban J connectivity index is 1.59. The van der Waals surface area contributed by atoms with Crippen LogP contribution < -0.4 is 10.1 Å². The number of fused-ring (bicyclic) bond motifs is 4. The minimum absolute atomic E-state index is 0.0444. The molecule has 1 aromatic carbocycles. The lowest BCUT2D eigenvalue weighted by molar-refractivity contribution is -0.139. The van der Waals surface area contributed by atoms with E-state index in [-0.39, 0.29) is 23.9 Å². The highest BCUT2D eigenvalue weighted by Gasteiger charge is 2.41. The fourth-order valence-corrected chi connectivity index (χ4v) is 3.77. The molecule has 136 valence electrons. The Morgan fingerprint density at radius 3 is 2.68 bits per heavy atom. The van der Waals surface area contributed by atoms with Gasteiger partial charge in [0.2, 0.25) is 5.91 Å². The third kappa shape index (κ3) is 3.89. The van der Waals surface area contributed by atoms with Crippen molar-refractivity contribution in [1.82, 2.24) is 15.1 Å². The molecule has 6 nitrogen and oxygen atoms in total. The summed E-state index contributed by atoms with van der Waals surface area (Å²) in [6, 6.07) is 7.73. The van der Waals surface area contributed by atoms with Gasteiger partial charge in [-0.2, -0.15) is 0 Å². The van der Waals surface area contributed by atoms with Crippen LogP contribution in [0, 0.1) is 5.92 Å². The second-order valence-electron chi connectivity index (χ2n) is 6.87. The molecule has 6 heteroatoms. The number of carbonyl (C=O) groups is 2. The second kappa shape index (κ2) is 7.76. The number of carbonyl (C=O) groups excluding carboxylic acids is 2. The molecule has 3 heterocycles. The molecule has 3 amide bonds. The highest BCUT2D eigenvalue weighted by atomic mass is 16.5. The number of benzene rings is 1. The maximum absolute atomic E-state index is 12.6. The number of hydrogen-bond acceptors (Lipinski definition) is 3. The van der Waals surface area contributed by atoms with Gasteiger partial charge in [-0.05, 0) is 37.0 Å². The van der Waals surface area contributed by atoms with Crippen LogP contribution in [0.15, 0.2) is 24.3 Å². The lowest BCUT2D eigenvalue weighted by Crippen LogP contribution is -2.48. The number of ether oxygens (including phenoxy) is 1. The normalized spacial score (nSPS) is 22.7. The molecule has 3 fully saturated rings. The fourth-order valence-electron chi connectivity index (χ4n) is 3.77. The average molecular weight is 345 g/mol. The van der Waals surface area contributed by atoms with Gasteiger partial charge in [0.25, 0.3) is 0 Å². The predicted octanol–water partition coefficient (Wildman–Crippen LogP) is 2.24.